The van der Waals surface area contributed by atoms with Crippen molar-refractivity contribution < 1.29 is 23.4 Å². The van der Waals surface area contributed by atoms with Gasteiger partial charge in [-0.2, -0.15) is 5.10 Å². The van der Waals surface area contributed by atoms with Crippen LogP contribution in [0.3, 0.4) is 0 Å². The number of rotatable bonds is 12. The molecule has 2 aromatic carbocycles. The van der Waals surface area contributed by atoms with Crippen molar-refractivity contribution in [2.45, 2.75) is 45.9 Å². The van der Waals surface area contributed by atoms with Gasteiger partial charge in [0.15, 0.2) is 11.6 Å². The molecule has 34 heavy (non-hydrogen) atoms. The molecule has 0 spiro atoms. The van der Waals surface area contributed by atoms with Crippen LogP contribution in [0.4, 0.5) is 8.78 Å². The summed E-state index contributed by atoms with van der Waals surface area (Å²) in [6.45, 7) is 7.70. The fourth-order valence-electron chi connectivity index (χ4n) is 3.74. The molecule has 1 atom stereocenters. The summed E-state index contributed by atoms with van der Waals surface area (Å²) in [5.41, 5.74) is 2.35. The Bertz CT molecular complexity index is 1060. The lowest BCUT2D eigenvalue weighted by atomic mass is 10.1. The molecule has 184 valence electrons. The maximum absolute atomic E-state index is 14.4. The van der Waals surface area contributed by atoms with E-state index in [0.29, 0.717) is 24.7 Å². The molecule has 3 rings (SSSR count). The van der Waals surface area contributed by atoms with Crippen LogP contribution in [0.1, 0.15) is 32.8 Å². The highest BCUT2D eigenvalue weighted by atomic mass is 19.1. The molecule has 0 saturated carbocycles. The molecule has 8 heteroatoms. The Balaban J connectivity index is 1.96. The molecule has 0 radical (unpaired) electrons. The third-order valence-corrected chi connectivity index (χ3v) is 5.25. The normalized spacial score (nSPS) is 12.5. The second kappa shape index (κ2) is 12.1. The molecule has 1 heterocycles. The average Bonchev–Trinajstić information content (AvgIpc) is 3.10. The molecule has 0 aliphatic rings. The van der Waals surface area contributed by atoms with Crippen molar-refractivity contribution in [3.05, 3.63) is 65.7 Å². The van der Waals surface area contributed by atoms with Gasteiger partial charge >= 0.3 is 0 Å². The van der Waals surface area contributed by atoms with Crippen LogP contribution in [0.15, 0.2) is 48.5 Å². The molecule has 0 amide bonds. The number of ether oxygens (including phenoxy) is 2. The Morgan fingerprint density at radius 3 is 2.50 bits per heavy atom. The van der Waals surface area contributed by atoms with Gasteiger partial charge in [-0.25, -0.2) is 13.5 Å². The van der Waals surface area contributed by atoms with E-state index in [1.54, 1.807) is 11.7 Å². The second-order valence-corrected chi connectivity index (χ2v) is 8.57. The van der Waals surface area contributed by atoms with Crippen LogP contribution in [0.5, 0.6) is 11.6 Å². The smallest absolute Gasteiger partial charge is 0.222 e. The third kappa shape index (κ3) is 6.85. The van der Waals surface area contributed by atoms with Crippen molar-refractivity contribution in [3.8, 4) is 22.9 Å². The van der Waals surface area contributed by atoms with E-state index in [0.717, 1.165) is 36.2 Å². The topological polar surface area (TPSA) is 59.8 Å². The monoisotopic (exact) mass is 473 g/mol. The standard InChI is InChI=1S/C26H33F2N3O3/c1-5-13-31(15-21(32)17-33-18(2)3)16-22-25(19-9-7-6-8-10-19)29-30(4)26(22)34-24-12-11-20(27)14-23(24)28/h6-12,14,18,21,32H,5,13,15-17H2,1-4H3. The van der Waals surface area contributed by atoms with E-state index < -0.39 is 17.7 Å². The average molecular weight is 474 g/mol. The minimum atomic E-state index is -0.792. The third-order valence-electron chi connectivity index (χ3n) is 5.25. The van der Waals surface area contributed by atoms with Gasteiger partial charge in [-0.05, 0) is 38.9 Å². The van der Waals surface area contributed by atoms with Crippen molar-refractivity contribution in [2.75, 3.05) is 19.7 Å². The molecule has 1 aromatic heterocycles. The van der Waals surface area contributed by atoms with Gasteiger partial charge in [0.25, 0.3) is 0 Å². The molecular formula is C26H33F2N3O3. The van der Waals surface area contributed by atoms with Gasteiger partial charge in [-0.3, -0.25) is 4.90 Å². The number of halogens is 2. The summed E-state index contributed by atoms with van der Waals surface area (Å²) in [4.78, 5) is 2.10. The molecule has 1 unspecified atom stereocenters. The van der Waals surface area contributed by atoms with Gasteiger partial charge < -0.3 is 14.6 Å². The Morgan fingerprint density at radius 2 is 1.85 bits per heavy atom. The predicted molar refractivity (Wildman–Crippen MR) is 128 cm³/mol. The first-order chi connectivity index (χ1) is 16.3. The van der Waals surface area contributed by atoms with Gasteiger partial charge in [0.1, 0.15) is 11.5 Å². The second-order valence-electron chi connectivity index (χ2n) is 8.57. The van der Waals surface area contributed by atoms with Crippen LogP contribution in [0.2, 0.25) is 0 Å². The zero-order valence-corrected chi connectivity index (χ0v) is 20.2. The van der Waals surface area contributed by atoms with Crippen molar-refractivity contribution in [2.24, 2.45) is 7.05 Å². The first-order valence-corrected chi connectivity index (χ1v) is 11.5. The van der Waals surface area contributed by atoms with Crippen molar-refractivity contribution >= 4 is 0 Å². The summed E-state index contributed by atoms with van der Waals surface area (Å²) >= 11 is 0. The lowest BCUT2D eigenvalue weighted by molar-refractivity contribution is -0.00954. The number of aliphatic hydroxyl groups is 1. The summed E-state index contributed by atoms with van der Waals surface area (Å²) in [5, 5.41) is 15.2. The summed E-state index contributed by atoms with van der Waals surface area (Å²) in [5.74, 6) is -1.19. The maximum Gasteiger partial charge on any atom is 0.222 e. The van der Waals surface area contributed by atoms with Crippen molar-refractivity contribution in [1.82, 2.24) is 14.7 Å². The van der Waals surface area contributed by atoms with E-state index in [1.807, 2.05) is 44.2 Å². The highest BCUT2D eigenvalue weighted by molar-refractivity contribution is 5.65. The largest absolute Gasteiger partial charge is 0.436 e. The van der Waals surface area contributed by atoms with E-state index in [4.69, 9.17) is 9.47 Å². The van der Waals surface area contributed by atoms with E-state index in [9.17, 15) is 13.9 Å². The van der Waals surface area contributed by atoms with Crippen LogP contribution in [0.25, 0.3) is 11.3 Å². The fourth-order valence-corrected chi connectivity index (χ4v) is 3.74. The number of aryl methyl sites for hydroxylation is 1. The summed E-state index contributed by atoms with van der Waals surface area (Å²) in [7, 11) is 1.72. The number of benzene rings is 2. The maximum atomic E-state index is 14.4. The Hall–Kier alpha value is -2.81. The SMILES string of the molecule is CCCN(Cc1c(-c2ccccc2)nn(C)c1Oc1ccc(F)cc1F)CC(O)COC(C)C. The number of hydrogen-bond acceptors (Lipinski definition) is 5. The molecule has 1 N–H and O–H groups in total. The summed E-state index contributed by atoms with van der Waals surface area (Å²) < 4.78 is 40.8. The zero-order valence-electron chi connectivity index (χ0n) is 20.2. The van der Waals surface area contributed by atoms with Crippen LogP contribution < -0.4 is 4.74 Å². The summed E-state index contributed by atoms with van der Waals surface area (Å²) in [6, 6.07) is 12.9. The van der Waals surface area contributed by atoms with E-state index in [-0.39, 0.29) is 18.5 Å². The van der Waals surface area contributed by atoms with E-state index >= 15 is 0 Å². The molecule has 3 aromatic rings. The lowest BCUT2D eigenvalue weighted by Gasteiger charge is -2.25. The molecule has 0 saturated heterocycles. The summed E-state index contributed by atoms with van der Waals surface area (Å²) in [6.07, 6.45) is 0.245. The van der Waals surface area contributed by atoms with Crippen LogP contribution in [0, 0.1) is 11.6 Å². The zero-order chi connectivity index (χ0) is 24.7. The molecular weight excluding hydrogens is 440 g/mol. The van der Waals surface area contributed by atoms with Gasteiger partial charge in [0.2, 0.25) is 5.88 Å². The molecule has 0 bridgehead atoms. The highest BCUT2D eigenvalue weighted by Gasteiger charge is 2.24. The fraction of sp³-hybridized carbons (Fsp3) is 0.423. The molecule has 0 fully saturated rings. The van der Waals surface area contributed by atoms with Crippen molar-refractivity contribution in [3.63, 3.8) is 0 Å². The Morgan fingerprint density at radius 1 is 1.12 bits per heavy atom. The molecule has 6 nitrogen and oxygen atoms in total. The van der Waals surface area contributed by atoms with Gasteiger partial charge in [0, 0.05) is 31.8 Å². The van der Waals surface area contributed by atoms with E-state index in [1.165, 1.54) is 6.07 Å². The number of aliphatic hydroxyl groups excluding tert-OH is 1. The number of hydrogen-bond donors (Lipinski definition) is 1. The lowest BCUT2D eigenvalue weighted by Crippen LogP contribution is -2.35. The van der Waals surface area contributed by atoms with Gasteiger partial charge in [0.05, 0.1) is 24.4 Å². The minimum absolute atomic E-state index is 0.0305. The molecule has 0 aliphatic carbocycles. The Kier molecular flexibility index (Phi) is 9.15. The predicted octanol–water partition coefficient (Wildman–Crippen LogP) is 5.16. The first-order valence-electron chi connectivity index (χ1n) is 11.5. The molecule has 0 aliphatic heterocycles. The number of aromatic nitrogens is 2. The van der Waals surface area contributed by atoms with Gasteiger partial charge in [-0.15, -0.1) is 0 Å². The van der Waals surface area contributed by atoms with Crippen LogP contribution in [-0.4, -0.2) is 51.7 Å². The minimum Gasteiger partial charge on any atom is -0.436 e. The van der Waals surface area contributed by atoms with Crippen LogP contribution >= 0.6 is 0 Å². The van der Waals surface area contributed by atoms with Crippen molar-refractivity contribution in [1.29, 1.82) is 0 Å². The Labute approximate surface area is 199 Å². The highest BCUT2D eigenvalue weighted by Crippen LogP contribution is 2.35. The number of nitrogens with zero attached hydrogens (tertiary/aromatic N) is 3. The van der Waals surface area contributed by atoms with Gasteiger partial charge in [-0.1, -0.05) is 37.3 Å². The van der Waals surface area contributed by atoms with E-state index in [2.05, 4.69) is 16.9 Å². The quantitative estimate of drug-likeness (QED) is 0.394. The first kappa shape index (κ1) is 25.8. The van der Waals surface area contributed by atoms with Crippen LogP contribution in [-0.2, 0) is 18.3 Å².